The number of likely N-dealkylation sites (N-methyl/N-ethyl adjacent to an activating group) is 1. The minimum atomic E-state index is -0.0292. The number of benzene rings is 2. The highest BCUT2D eigenvalue weighted by molar-refractivity contribution is 7.22. The zero-order valence-corrected chi connectivity index (χ0v) is 20.4. The van der Waals surface area contributed by atoms with Gasteiger partial charge in [0.25, 0.3) is 5.91 Å². The third-order valence-corrected chi connectivity index (χ3v) is 6.27. The summed E-state index contributed by atoms with van der Waals surface area (Å²) in [6.07, 6.45) is 0. The van der Waals surface area contributed by atoms with E-state index in [-0.39, 0.29) is 18.3 Å². The monoisotopic (exact) mass is 462 g/mol. The SMILES string of the molecule is CCN(CC)CCN(C(=O)c1ccc(N(C)C)cc1)c1nc2ccc(OC)cc2s1.Cl. The fourth-order valence-corrected chi connectivity index (χ4v) is 4.28. The molecule has 0 bridgehead atoms. The first kappa shape index (κ1) is 24.9. The molecule has 2 aromatic carbocycles. The molecular formula is C23H31ClN4O2S. The molecule has 0 N–H and O–H groups in total. The Hall–Kier alpha value is -2.35. The lowest BCUT2D eigenvalue weighted by Crippen LogP contribution is -2.38. The van der Waals surface area contributed by atoms with Crippen molar-refractivity contribution >= 4 is 50.7 Å². The molecule has 0 aliphatic heterocycles. The van der Waals surface area contributed by atoms with Crippen LogP contribution in [0.4, 0.5) is 10.8 Å². The van der Waals surface area contributed by atoms with Crippen LogP contribution in [-0.2, 0) is 0 Å². The number of carbonyl (C=O) groups is 1. The van der Waals surface area contributed by atoms with E-state index in [0.29, 0.717) is 17.2 Å². The van der Waals surface area contributed by atoms with Crippen LogP contribution in [0, 0.1) is 0 Å². The van der Waals surface area contributed by atoms with Crippen LogP contribution in [0.15, 0.2) is 42.5 Å². The van der Waals surface area contributed by atoms with Gasteiger partial charge in [-0.15, -0.1) is 12.4 Å². The fourth-order valence-electron chi connectivity index (χ4n) is 3.26. The summed E-state index contributed by atoms with van der Waals surface area (Å²) in [4.78, 5) is 24.3. The van der Waals surface area contributed by atoms with E-state index in [1.54, 1.807) is 12.0 Å². The van der Waals surface area contributed by atoms with Crippen molar-refractivity contribution in [1.29, 1.82) is 0 Å². The molecular weight excluding hydrogens is 432 g/mol. The minimum absolute atomic E-state index is 0. The van der Waals surface area contributed by atoms with Crippen molar-refractivity contribution in [2.24, 2.45) is 0 Å². The molecule has 31 heavy (non-hydrogen) atoms. The van der Waals surface area contributed by atoms with Crippen molar-refractivity contribution in [1.82, 2.24) is 9.88 Å². The van der Waals surface area contributed by atoms with E-state index < -0.39 is 0 Å². The van der Waals surface area contributed by atoms with Gasteiger partial charge in [0.15, 0.2) is 5.13 Å². The summed E-state index contributed by atoms with van der Waals surface area (Å²) in [6, 6.07) is 13.5. The van der Waals surface area contributed by atoms with Gasteiger partial charge >= 0.3 is 0 Å². The van der Waals surface area contributed by atoms with Crippen molar-refractivity contribution in [3.63, 3.8) is 0 Å². The Morgan fingerprint density at radius 3 is 2.29 bits per heavy atom. The summed E-state index contributed by atoms with van der Waals surface area (Å²) >= 11 is 1.52. The summed E-state index contributed by atoms with van der Waals surface area (Å²) in [6.45, 7) is 7.57. The predicted molar refractivity (Wildman–Crippen MR) is 134 cm³/mol. The Kier molecular flexibility index (Phi) is 9.10. The smallest absolute Gasteiger partial charge is 0.260 e. The molecule has 1 aromatic heterocycles. The topological polar surface area (TPSA) is 48.9 Å². The van der Waals surface area contributed by atoms with E-state index >= 15 is 0 Å². The summed E-state index contributed by atoms with van der Waals surface area (Å²) in [5.41, 5.74) is 2.60. The molecule has 0 atom stereocenters. The molecule has 6 nitrogen and oxygen atoms in total. The van der Waals surface area contributed by atoms with Gasteiger partial charge in [-0.3, -0.25) is 9.69 Å². The van der Waals surface area contributed by atoms with Crippen molar-refractivity contribution < 1.29 is 9.53 Å². The number of aromatic nitrogens is 1. The van der Waals surface area contributed by atoms with Gasteiger partial charge in [-0.2, -0.15) is 0 Å². The molecule has 0 fully saturated rings. The number of nitrogens with zero attached hydrogens (tertiary/aromatic N) is 4. The molecule has 0 spiro atoms. The van der Waals surface area contributed by atoms with Crippen LogP contribution in [0.5, 0.6) is 5.75 Å². The van der Waals surface area contributed by atoms with E-state index in [1.165, 1.54) is 11.3 Å². The van der Waals surface area contributed by atoms with Gasteiger partial charge in [0.2, 0.25) is 0 Å². The number of methoxy groups -OCH3 is 1. The molecule has 8 heteroatoms. The highest BCUT2D eigenvalue weighted by Gasteiger charge is 2.22. The summed E-state index contributed by atoms with van der Waals surface area (Å²) in [5.74, 6) is 0.761. The molecule has 3 rings (SSSR count). The molecule has 3 aromatic rings. The first-order chi connectivity index (χ1) is 14.5. The van der Waals surface area contributed by atoms with Crippen LogP contribution >= 0.6 is 23.7 Å². The van der Waals surface area contributed by atoms with Gasteiger partial charge in [-0.05, 0) is 55.6 Å². The molecule has 0 saturated carbocycles. The molecule has 1 heterocycles. The average molecular weight is 463 g/mol. The van der Waals surface area contributed by atoms with Gasteiger partial charge < -0.3 is 14.5 Å². The van der Waals surface area contributed by atoms with Crippen molar-refractivity contribution in [3.8, 4) is 5.75 Å². The van der Waals surface area contributed by atoms with E-state index in [0.717, 1.165) is 41.3 Å². The van der Waals surface area contributed by atoms with Crippen LogP contribution in [-0.4, -0.2) is 63.2 Å². The number of hydrogen-bond acceptors (Lipinski definition) is 6. The maximum Gasteiger partial charge on any atom is 0.260 e. The fraction of sp³-hybridized carbons (Fsp3) is 0.391. The van der Waals surface area contributed by atoms with Crippen molar-refractivity contribution in [3.05, 3.63) is 48.0 Å². The van der Waals surface area contributed by atoms with Crippen LogP contribution < -0.4 is 14.5 Å². The number of thiazole rings is 1. The molecule has 0 radical (unpaired) electrons. The molecule has 0 aliphatic rings. The van der Waals surface area contributed by atoms with Crippen LogP contribution in [0.25, 0.3) is 10.2 Å². The normalized spacial score (nSPS) is 10.8. The third-order valence-electron chi connectivity index (χ3n) is 5.23. The number of halogens is 1. The standard InChI is InChI=1S/C23H30N4O2S.ClH/c1-6-26(7-2)14-15-27(22(28)17-8-10-18(11-9-17)25(3)4)23-24-20-13-12-19(29-5)16-21(20)30-23;/h8-13,16H,6-7,14-15H2,1-5H3;1H. The molecule has 0 unspecified atom stereocenters. The minimum Gasteiger partial charge on any atom is -0.497 e. The largest absolute Gasteiger partial charge is 0.497 e. The van der Waals surface area contributed by atoms with Crippen molar-refractivity contribution in [2.75, 3.05) is 57.2 Å². The summed E-state index contributed by atoms with van der Waals surface area (Å²) < 4.78 is 6.34. The maximum atomic E-state index is 13.5. The van der Waals surface area contributed by atoms with Gasteiger partial charge in [-0.1, -0.05) is 25.2 Å². The second-order valence-corrected chi connectivity index (χ2v) is 8.26. The zero-order chi connectivity index (χ0) is 21.7. The number of hydrogen-bond donors (Lipinski definition) is 0. The Morgan fingerprint density at radius 1 is 1.03 bits per heavy atom. The number of amides is 1. The van der Waals surface area contributed by atoms with Gasteiger partial charge in [0, 0.05) is 38.4 Å². The van der Waals surface area contributed by atoms with Crippen molar-refractivity contribution in [2.45, 2.75) is 13.8 Å². The quantitative estimate of drug-likeness (QED) is 0.458. The lowest BCUT2D eigenvalue weighted by molar-refractivity contribution is 0.0984. The second-order valence-electron chi connectivity index (χ2n) is 7.26. The Labute approximate surface area is 194 Å². The highest BCUT2D eigenvalue weighted by Crippen LogP contribution is 2.32. The first-order valence-corrected chi connectivity index (χ1v) is 11.0. The molecule has 0 saturated heterocycles. The second kappa shape index (κ2) is 11.3. The Bertz CT molecular complexity index is 987. The number of anilines is 2. The third kappa shape index (κ3) is 5.87. The number of carbonyl (C=O) groups excluding carboxylic acids is 1. The zero-order valence-electron chi connectivity index (χ0n) is 18.8. The van der Waals surface area contributed by atoms with Crippen LogP contribution in [0.3, 0.4) is 0 Å². The van der Waals surface area contributed by atoms with E-state index in [4.69, 9.17) is 9.72 Å². The summed E-state index contributed by atoms with van der Waals surface area (Å²) in [5, 5.41) is 0.715. The lowest BCUT2D eigenvalue weighted by atomic mass is 10.1. The van der Waals surface area contributed by atoms with Crippen LogP contribution in [0.2, 0.25) is 0 Å². The number of fused-ring (bicyclic) bond motifs is 1. The molecule has 0 aliphatic carbocycles. The maximum absolute atomic E-state index is 13.5. The highest BCUT2D eigenvalue weighted by atomic mass is 35.5. The molecule has 168 valence electrons. The Morgan fingerprint density at radius 2 is 1.71 bits per heavy atom. The Balaban J connectivity index is 0.00000341. The van der Waals surface area contributed by atoms with E-state index in [1.807, 2.05) is 61.5 Å². The van der Waals surface area contributed by atoms with E-state index in [2.05, 4.69) is 18.7 Å². The predicted octanol–water partition coefficient (Wildman–Crippen LogP) is 4.78. The number of rotatable bonds is 9. The molecule has 1 amide bonds. The first-order valence-electron chi connectivity index (χ1n) is 10.2. The van der Waals surface area contributed by atoms with E-state index in [9.17, 15) is 4.79 Å². The number of ether oxygens (including phenoxy) is 1. The summed E-state index contributed by atoms with van der Waals surface area (Å²) in [7, 11) is 5.63. The van der Waals surface area contributed by atoms with Gasteiger partial charge in [0.05, 0.1) is 17.3 Å². The van der Waals surface area contributed by atoms with Gasteiger partial charge in [-0.25, -0.2) is 4.98 Å². The van der Waals surface area contributed by atoms with Gasteiger partial charge in [0.1, 0.15) is 5.75 Å². The van der Waals surface area contributed by atoms with Crippen LogP contribution in [0.1, 0.15) is 24.2 Å². The average Bonchev–Trinajstić information content (AvgIpc) is 3.19. The lowest BCUT2D eigenvalue weighted by Gasteiger charge is -2.25.